The summed E-state index contributed by atoms with van der Waals surface area (Å²) in [7, 11) is 17.0. The summed E-state index contributed by atoms with van der Waals surface area (Å²) in [5, 5.41) is 0. The molecule has 0 nitrogen and oxygen atoms in total. The van der Waals surface area contributed by atoms with Crippen LogP contribution in [-0.2, 0) is 17.1 Å². The Balaban J connectivity index is 0. The van der Waals surface area contributed by atoms with E-state index in [0.717, 1.165) is 0 Å². The number of hydrogen-bond donors (Lipinski definition) is 0. The van der Waals surface area contributed by atoms with E-state index < -0.39 is 9.39 Å². The van der Waals surface area contributed by atoms with Crippen LogP contribution >= 0.6 is 40.2 Å². The van der Waals surface area contributed by atoms with Crippen LogP contribution < -0.4 is 0 Å². The summed E-state index contributed by atoms with van der Waals surface area (Å²) < 4.78 is 0. The number of rotatable bonds is 0. The van der Waals surface area contributed by atoms with E-state index in [1.807, 2.05) is 0 Å². The van der Waals surface area contributed by atoms with Crippen LogP contribution in [0.1, 0.15) is 0 Å². The smallest absolute Gasteiger partial charge is 0.391 e. The van der Waals surface area contributed by atoms with E-state index >= 15 is 0 Å². The van der Waals surface area contributed by atoms with Gasteiger partial charge in [-0.05, 0) is 0 Å². The van der Waals surface area contributed by atoms with Crippen molar-refractivity contribution in [2.24, 2.45) is 0 Å². The second-order valence-corrected chi connectivity index (χ2v) is 13.4. The minimum absolute atomic E-state index is 0. The molecule has 0 spiro atoms. The van der Waals surface area contributed by atoms with Crippen molar-refractivity contribution in [2.75, 3.05) is 0 Å². The standard InChI is InChI=1S/Al.4ClH.Cu/h;4*1H;/q+3;;;;;+1/p-4. The predicted octanol–water partition coefficient (Wildman–Crippen LogP) is 2.37. The zero-order valence-electron chi connectivity index (χ0n) is 2.39. The minimum atomic E-state index is -2.94. The molecule has 0 saturated heterocycles. The Labute approximate surface area is 66.0 Å². The molecule has 6 heteroatoms. The van der Waals surface area contributed by atoms with Crippen LogP contribution in [0.15, 0.2) is 0 Å². The predicted molar refractivity (Wildman–Crippen MR) is 29.2 cm³/mol. The molecule has 0 saturated carbocycles. The van der Waals surface area contributed by atoms with Crippen LogP contribution in [0.5, 0.6) is 0 Å². The average molecular weight is 232 g/mol. The zero-order valence-corrected chi connectivity index (χ0v) is 7.51. The molecule has 0 aliphatic heterocycles. The second kappa shape index (κ2) is 4.13. The van der Waals surface area contributed by atoms with E-state index in [2.05, 4.69) is 0 Å². The molecule has 0 radical (unpaired) electrons. The first kappa shape index (κ1) is 11.1. The largest absolute Gasteiger partial charge is 1.00 e. The maximum absolute atomic E-state index is 4.99. The van der Waals surface area contributed by atoms with Crippen LogP contribution in [0.3, 0.4) is 0 Å². The summed E-state index contributed by atoms with van der Waals surface area (Å²) in [5.41, 5.74) is 0. The van der Waals surface area contributed by atoms with E-state index in [4.69, 9.17) is 40.2 Å². The summed E-state index contributed by atoms with van der Waals surface area (Å²) in [6.45, 7) is 0. The molecule has 0 aromatic carbocycles. The van der Waals surface area contributed by atoms with Crippen molar-refractivity contribution in [2.45, 2.75) is 0 Å². The normalized spacial score (nSPS) is 10.0. The first-order valence-corrected chi connectivity index (χ1v) is 7.86. The Morgan fingerprint density at radius 2 is 0.833 bits per heavy atom. The summed E-state index contributed by atoms with van der Waals surface area (Å²) in [6, 6.07) is 0. The van der Waals surface area contributed by atoms with Crippen LogP contribution in [-0.4, -0.2) is 9.39 Å². The summed E-state index contributed by atoms with van der Waals surface area (Å²) in [5.74, 6) is 0. The number of halogens is 4. The molecule has 0 unspecified atom stereocenters. The maximum atomic E-state index is 4.99. The van der Waals surface area contributed by atoms with Crippen molar-refractivity contribution >= 4 is 49.6 Å². The minimum Gasteiger partial charge on any atom is -0.391 e. The van der Waals surface area contributed by atoms with Crippen molar-refractivity contribution in [1.29, 1.82) is 0 Å². The molecular formula is AlCl4Cu. The van der Waals surface area contributed by atoms with Gasteiger partial charge in [-0.15, -0.1) is 0 Å². The summed E-state index contributed by atoms with van der Waals surface area (Å²) in [4.78, 5) is 0. The molecule has 0 bridgehead atoms. The van der Waals surface area contributed by atoms with Crippen LogP contribution in [0.25, 0.3) is 0 Å². The van der Waals surface area contributed by atoms with Gasteiger partial charge in [-0.1, -0.05) is 0 Å². The third kappa shape index (κ3) is 34.5. The SMILES string of the molecule is [Cl][Al-]([Cl])([Cl])[Cl].[Cu+]. The fourth-order valence-electron chi connectivity index (χ4n) is 0. The van der Waals surface area contributed by atoms with Crippen LogP contribution in [0.4, 0.5) is 0 Å². The van der Waals surface area contributed by atoms with Gasteiger partial charge in [-0.3, -0.25) is 0 Å². The van der Waals surface area contributed by atoms with Gasteiger partial charge in [0, 0.05) is 0 Å². The Kier molecular flexibility index (Phi) is 7.61. The van der Waals surface area contributed by atoms with E-state index in [0.29, 0.717) is 0 Å². The molecule has 0 aromatic rings. The first-order chi connectivity index (χ1) is 2.00. The van der Waals surface area contributed by atoms with Crippen molar-refractivity contribution in [3.8, 4) is 0 Å². The fourth-order valence-corrected chi connectivity index (χ4v) is 0. The second-order valence-electron chi connectivity index (χ2n) is 0.495. The molecule has 0 aliphatic rings. The molecule has 0 N–H and O–H groups in total. The molecule has 0 aliphatic carbocycles. The molecule has 42 valence electrons. The van der Waals surface area contributed by atoms with E-state index in [1.165, 1.54) is 0 Å². The van der Waals surface area contributed by atoms with Gasteiger partial charge in [0.05, 0.1) is 0 Å². The Hall–Kier alpha value is 2.21. The quantitative estimate of drug-likeness (QED) is 0.563. The number of hydrogen-bond acceptors (Lipinski definition) is 0. The van der Waals surface area contributed by atoms with Gasteiger partial charge >= 0.3 is 26.5 Å². The van der Waals surface area contributed by atoms with Gasteiger partial charge in [0.15, 0.2) is 0 Å². The van der Waals surface area contributed by atoms with E-state index in [1.54, 1.807) is 0 Å². The van der Waals surface area contributed by atoms with E-state index in [-0.39, 0.29) is 17.1 Å². The van der Waals surface area contributed by atoms with Crippen molar-refractivity contribution in [3.63, 3.8) is 0 Å². The van der Waals surface area contributed by atoms with Crippen molar-refractivity contribution in [3.05, 3.63) is 0 Å². The monoisotopic (exact) mass is 230 g/mol. The van der Waals surface area contributed by atoms with Gasteiger partial charge in [0.2, 0.25) is 0 Å². The Bertz CT molecular complexity index is 23.0. The molecular weight excluding hydrogens is 232 g/mol. The van der Waals surface area contributed by atoms with Gasteiger partial charge in [-0.2, -0.15) is 0 Å². The third-order valence-corrected chi connectivity index (χ3v) is 0. The molecule has 0 aromatic heterocycles. The van der Waals surface area contributed by atoms with Crippen LogP contribution in [0.2, 0.25) is 0 Å². The molecule has 0 rings (SSSR count). The van der Waals surface area contributed by atoms with Crippen molar-refractivity contribution in [1.82, 2.24) is 0 Å². The third-order valence-electron chi connectivity index (χ3n) is 0. The van der Waals surface area contributed by atoms with E-state index in [9.17, 15) is 0 Å². The van der Waals surface area contributed by atoms with Gasteiger partial charge < -0.3 is 40.2 Å². The van der Waals surface area contributed by atoms with Gasteiger partial charge in [0.1, 0.15) is 0 Å². The fraction of sp³-hybridized carbons (Fsp3) is 0. The Morgan fingerprint density at radius 1 is 0.833 bits per heavy atom. The average Bonchev–Trinajstić information content (AvgIpc) is 0.722. The molecule has 0 amide bonds. The van der Waals surface area contributed by atoms with Gasteiger partial charge in [-0.25, -0.2) is 0 Å². The molecule has 6 heavy (non-hydrogen) atoms. The molecule has 0 atom stereocenters. The summed E-state index contributed by atoms with van der Waals surface area (Å²) >= 11 is 0. The first-order valence-electron chi connectivity index (χ1n) is 0.873. The Morgan fingerprint density at radius 3 is 0.833 bits per heavy atom. The maximum Gasteiger partial charge on any atom is 1.00 e. The summed E-state index contributed by atoms with van der Waals surface area (Å²) in [6.07, 6.45) is 0. The topological polar surface area (TPSA) is 0 Å². The van der Waals surface area contributed by atoms with Crippen molar-refractivity contribution < 1.29 is 17.1 Å². The molecule has 0 heterocycles. The zero-order chi connectivity index (χ0) is 4.50. The molecule has 0 fully saturated rings. The van der Waals surface area contributed by atoms with Gasteiger partial charge in [0.25, 0.3) is 0 Å². The van der Waals surface area contributed by atoms with Crippen LogP contribution in [0, 0.1) is 0 Å².